The molecular formula is C11H13F4NO. The van der Waals surface area contributed by atoms with E-state index in [0.717, 1.165) is 13.0 Å². The fraction of sp³-hybridized carbons (Fsp3) is 0.455. The summed E-state index contributed by atoms with van der Waals surface area (Å²) in [5.41, 5.74) is 0. The second-order valence-electron chi connectivity index (χ2n) is 3.46. The molecule has 0 amide bonds. The summed E-state index contributed by atoms with van der Waals surface area (Å²) >= 11 is 0. The Hall–Kier alpha value is -1.30. The van der Waals surface area contributed by atoms with E-state index < -0.39 is 29.0 Å². The van der Waals surface area contributed by atoms with Crippen molar-refractivity contribution in [1.29, 1.82) is 0 Å². The molecule has 6 heteroatoms. The quantitative estimate of drug-likeness (QED) is 0.476. The number of nitrogens with one attached hydrogen (secondary N) is 1. The molecule has 0 spiro atoms. The van der Waals surface area contributed by atoms with Crippen LogP contribution in [-0.2, 0) is 0 Å². The van der Waals surface area contributed by atoms with Crippen LogP contribution >= 0.6 is 0 Å². The highest BCUT2D eigenvalue weighted by Crippen LogP contribution is 2.26. The van der Waals surface area contributed by atoms with Gasteiger partial charge >= 0.3 is 0 Å². The first-order chi connectivity index (χ1) is 8.07. The Bertz CT molecular complexity index is 358. The lowest BCUT2D eigenvalue weighted by Gasteiger charge is -2.09. The van der Waals surface area contributed by atoms with E-state index in [1.807, 2.05) is 0 Å². The van der Waals surface area contributed by atoms with E-state index in [4.69, 9.17) is 4.74 Å². The van der Waals surface area contributed by atoms with E-state index in [1.165, 1.54) is 0 Å². The van der Waals surface area contributed by atoms with E-state index >= 15 is 0 Å². The number of hydrogen-bond donors (Lipinski definition) is 1. The summed E-state index contributed by atoms with van der Waals surface area (Å²) in [4.78, 5) is 0. The summed E-state index contributed by atoms with van der Waals surface area (Å²) < 4.78 is 56.5. The standard InChI is InChI=1S/C11H13F4NO/c1-16-4-2-3-5-17-11-9(14)7(12)6-8(13)10(11)15/h6,16H,2-5H2,1H3. The first-order valence-corrected chi connectivity index (χ1v) is 5.18. The van der Waals surface area contributed by atoms with Gasteiger partial charge < -0.3 is 10.1 Å². The van der Waals surface area contributed by atoms with Gasteiger partial charge in [-0.3, -0.25) is 0 Å². The van der Waals surface area contributed by atoms with Crippen LogP contribution in [0.1, 0.15) is 12.8 Å². The number of halogens is 4. The molecule has 0 atom stereocenters. The Morgan fingerprint density at radius 3 is 2.18 bits per heavy atom. The second-order valence-corrected chi connectivity index (χ2v) is 3.46. The second kappa shape index (κ2) is 6.44. The molecule has 0 aliphatic heterocycles. The number of rotatable bonds is 6. The maximum absolute atomic E-state index is 13.1. The molecule has 0 heterocycles. The van der Waals surface area contributed by atoms with E-state index in [-0.39, 0.29) is 12.7 Å². The molecule has 0 unspecified atom stereocenters. The average molecular weight is 251 g/mol. The Morgan fingerprint density at radius 2 is 1.65 bits per heavy atom. The minimum atomic E-state index is -1.50. The number of hydrogen-bond acceptors (Lipinski definition) is 2. The fourth-order valence-electron chi connectivity index (χ4n) is 1.26. The Labute approximate surface area is 96.6 Å². The molecule has 1 N–H and O–H groups in total. The third-order valence-corrected chi connectivity index (χ3v) is 2.14. The van der Waals surface area contributed by atoms with Gasteiger partial charge in [-0.1, -0.05) is 0 Å². The summed E-state index contributed by atoms with van der Waals surface area (Å²) in [7, 11) is 1.77. The van der Waals surface area contributed by atoms with Gasteiger partial charge in [0.15, 0.2) is 17.4 Å². The molecule has 0 aliphatic rings. The zero-order valence-corrected chi connectivity index (χ0v) is 9.33. The molecule has 1 rings (SSSR count). The van der Waals surface area contributed by atoms with E-state index in [1.54, 1.807) is 7.05 Å². The third kappa shape index (κ3) is 3.59. The van der Waals surface area contributed by atoms with Crippen LogP contribution in [0.3, 0.4) is 0 Å². The van der Waals surface area contributed by atoms with Crippen LogP contribution in [0.25, 0.3) is 0 Å². The molecule has 0 saturated carbocycles. The van der Waals surface area contributed by atoms with Crippen LogP contribution in [-0.4, -0.2) is 20.2 Å². The first kappa shape index (κ1) is 13.8. The van der Waals surface area contributed by atoms with Gasteiger partial charge in [-0.05, 0) is 26.4 Å². The van der Waals surface area contributed by atoms with E-state index in [9.17, 15) is 17.6 Å². The molecule has 0 radical (unpaired) electrons. The van der Waals surface area contributed by atoms with Crippen LogP contribution in [0.4, 0.5) is 17.6 Å². The van der Waals surface area contributed by atoms with Crippen molar-refractivity contribution < 1.29 is 22.3 Å². The molecule has 96 valence electrons. The minimum Gasteiger partial charge on any atom is -0.487 e. The van der Waals surface area contributed by atoms with Crippen molar-refractivity contribution in [3.63, 3.8) is 0 Å². The van der Waals surface area contributed by atoms with Crippen molar-refractivity contribution in [2.24, 2.45) is 0 Å². The predicted molar refractivity (Wildman–Crippen MR) is 54.9 cm³/mol. The van der Waals surface area contributed by atoms with Crippen LogP contribution in [0.2, 0.25) is 0 Å². The molecule has 0 fully saturated rings. The van der Waals surface area contributed by atoms with E-state index in [0.29, 0.717) is 6.42 Å². The van der Waals surface area contributed by atoms with Crippen LogP contribution in [0.15, 0.2) is 6.07 Å². The number of unbranched alkanes of at least 4 members (excludes halogenated alkanes) is 1. The topological polar surface area (TPSA) is 21.3 Å². The molecular weight excluding hydrogens is 238 g/mol. The fourth-order valence-corrected chi connectivity index (χ4v) is 1.26. The first-order valence-electron chi connectivity index (χ1n) is 5.18. The smallest absolute Gasteiger partial charge is 0.203 e. The summed E-state index contributed by atoms with van der Waals surface area (Å²) in [5, 5.41) is 2.88. The molecule has 0 saturated heterocycles. The summed E-state index contributed by atoms with van der Waals surface area (Å²) in [6.07, 6.45) is 1.26. The van der Waals surface area contributed by atoms with Crippen molar-refractivity contribution in [2.75, 3.05) is 20.2 Å². The zero-order valence-electron chi connectivity index (χ0n) is 9.33. The normalized spacial score (nSPS) is 10.6. The highest BCUT2D eigenvalue weighted by molar-refractivity contribution is 5.28. The largest absolute Gasteiger partial charge is 0.487 e. The van der Waals surface area contributed by atoms with Crippen molar-refractivity contribution >= 4 is 0 Å². The molecule has 17 heavy (non-hydrogen) atoms. The molecule has 0 bridgehead atoms. The predicted octanol–water partition coefficient (Wildman–Crippen LogP) is 2.62. The van der Waals surface area contributed by atoms with Gasteiger partial charge in [-0.25, -0.2) is 8.78 Å². The SMILES string of the molecule is CNCCCCOc1c(F)c(F)cc(F)c1F. The van der Waals surface area contributed by atoms with Crippen molar-refractivity contribution in [2.45, 2.75) is 12.8 Å². The zero-order chi connectivity index (χ0) is 12.8. The summed E-state index contributed by atoms with van der Waals surface area (Å²) in [5.74, 6) is -6.93. The Balaban J connectivity index is 2.64. The minimum absolute atomic E-state index is 0.00157. The van der Waals surface area contributed by atoms with Crippen LogP contribution in [0, 0.1) is 23.3 Å². The van der Waals surface area contributed by atoms with Gasteiger partial charge in [0.05, 0.1) is 6.61 Å². The van der Waals surface area contributed by atoms with E-state index in [2.05, 4.69) is 5.32 Å². The highest BCUT2D eigenvalue weighted by Gasteiger charge is 2.20. The van der Waals surface area contributed by atoms with Crippen molar-refractivity contribution in [3.8, 4) is 5.75 Å². The molecule has 1 aromatic rings. The average Bonchev–Trinajstić information content (AvgIpc) is 2.30. The Kier molecular flexibility index (Phi) is 5.21. The van der Waals surface area contributed by atoms with Crippen LogP contribution in [0.5, 0.6) is 5.75 Å². The summed E-state index contributed by atoms with van der Waals surface area (Å²) in [6, 6.07) is 0.151. The maximum Gasteiger partial charge on any atom is 0.203 e. The lowest BCUT2D eigenvalue weighted by molar-refractivity contribution is 0.264. The lowest BCUT2D eigenvalue weighted by atomic mass is 10.3. The number of ether oxygens (including phenoxy) is 1. The van der Waals surface area contributed by atoms with Gasteiger partial charge in [-0.15, -0.1) is 0 Å². The molecule has 0 aliphatic carbocycles. The monoisotopic (exact) mass is 251 g/mol. The number of benzene rings is 1. The van der Waals surface area contributed by atoms with Gasteiger partial charge in [0, 0.05) is 6.07 Å². The van der Waals surface area contributed by atoms with Gasteiger partial charge in [-0.2, -0.15) is 8.78 Å². The van der Waals surface area contributed by atoms with Gasteiger partial charge in [0.1, 0.15) is 0 Å². The molecule has 1 aromatic carbocycles. The van der Waals surface area contributed by atoms with Crippen molar-refractivity contribution in [3.05, 3.63) is 29.3 Å². The van der Waals surface area contributed by atoms with Gasteiger partial charge in [0.2, 0.25) is 11.6 Å². The Morgan fingerprint density at radius 1 is 1.06 bits per heavy atom. The molecule has 0 aromatic heterocycles. The van der Waals surface area contributed by atoms with Crippen molar-refractivity contribution in [1.82, 2.24) is 5.32 Å². The lowest BCUT2D eigenvalue weighted by Crippen LogP contribution is -2.10. The van der Waals surface area contributed by atoms with Gasteiger partial charge in [0.25, 0.3) is 0 Å². The third-order valence-electron chi connectivity index (χ3n) is 2.14. The molecule has 2 nitrogen and oxygen atoms in total. The van der Waals surface area contributed by atoms with Crippen LogP contribution < -0.4 is 10.1 Å². The summed E-state index contributed by atoms with van der Waals surface area (Å²) in [6.45, 7) is 0.726. The highest BCUT2D eigenvalue weighted by atomic mass is 19.2. The maximum atomic E-state index is 13.1.